The Bertz CT molecular complexity index is 402. The monoisotopic (exact) mass is 279 g/mol. The summed E-state index contributed by atoms with van der Waals surface area (Å²) in [6.45, 7) is 4.09. The van der Waals surface area contributed by atoms with E-state index in [2.05, 4.69) is 0 Å². The number of hydrogen-bond acceptors (Lipinski definition) is 1. The molecule has 5 heteroatoms. The largest absolute Gasteiger partial charge is 0.416 e. The standard InChI is InChI=1S/C13H17ClF3N/c1-8(2)3-4-12(18)9-5-10(13(15,16)17)7-11(14)6-9/h5-8,12H,3-4,18H2,1-2H3/t12-/m0/s1. The van der Waals surface area contributed by atoms with Gasteiger partial charge in [-0.25, -0.2) is 0 Å². The number of rotatable bonds is 4. The van der Waals surface area contributed by atoms with Crippen molar-refractivity contribution in [1.29, 1.82) is 0 Å². The molecule has 18 heavy (non-hydrogen) atoms. The Labute approximate surface area is 110 Å². The van der Waals surface area contributed by atoms with E-state index in [1.165, 1.54) is 6.07 Å². The van der Waals surface area contributed by atoms with Gasteiger partial charge in [0, 0.05) is 11.1 Å². The minimum atomic E-state index is -4.39. The lowest BCUT2D eigenvalue weighted by Gasteiger charge is -2.16. The van der Waals surface area contributed by atoms with Crippen molar-refractivity contribution in [2.24, 2.45) is 11.7 Å². The molecule has 0 bridgehead atoms. The molecular weight excluding hydrogens is 263 g/mol. The highest BCUT2D eigenvalue weighted by molar-refractivity contribution is 6.30. The topological polar surface area (TPSA) is 26.0 Å². The van der Waals surface area contributed by atoms with E-state index in [4.69, 9.17) is 17.3 Å². The average Bonchev–Trinajstić information content (AvgIpc) is 2.23. The van der Waals surface area contributed by atoms with Crippen LogP contribution in [0.15, 0.2) is 18.2 Å². The molecule has 0 unspecified atom stereocenters. The number of halogens is 4. The van der Waals surface area contributed by atoms with Gasteiger partial charge in [-0.3, -0.25) is 0 Å². The minimum Gasteiger partial charge on any atom is -0.324 e. The third-order valence-corrected chi connectivity index (χ3v) is 2.95. The lowest BCUT2D eigenvalue weighted by Crippen LogP contribution is -2.13. The summed E-state index contributed by atoms with van der Waals surface area (Å²) in [5, 5.41) is 0.0693. The zero-order chi connectivity index (χ0) is 13.9. The smallest absolute Gasteiger partial charge is 0.324 e. The van der Waals surface area contributed by atoms with Gasteiger partial charge in [0.05, 0.1) is 5.56 Å². The van der Waals surface area contributed by atoms with Gasteiger partial charge in [0.15, 0.2) is 0 Å². The Hall–Kier alpha value is -0.740. The van der Waals surface area contributed by atoms with Crippen LogP contribution in [0.2, 0.25) is 5.02 Å². The summed E-state index contributed by atoms with van der Waals surface area (Å²) >= 11 is 5.71. The summed E-state index contributed by atoms with van der Waals surface area (Å²) in [6, 6.07) is 3.09. The molecule has 102 valence electrons. The SMILES string of the molecule is CC(C)CC[C@H](N)c1cc(Cl)cc(C(F)(F)F)c1. The first-order valence-electron chi connectivity index (χ1n) is 5.83. The lowest BCUT2D eigenvalue weighted by molar-refractivity contribution is -0.137. The molecule has 2 N–H and O–H groups in total. The Morgan fingerprint density at radius 3 is 2.28 bits per heavy atom. The number of benzene rings is 1. The highest BCUT2D eigenvalue weighted by Crippen LogP contribution is 2.33. The molecule has 0 aromatic heterocycles. The van der Waals surface area contributed by atoms with Crippen molar-refractivity contribution in [2.75, 3.05) is 0 Å². The van der Waals surface area contributed by atoms with E-state index < -0.39 is 17.8 Å². The maximum absolute atomic E-state index is 12.6. The van der Waals surface area contributed by atoms with Gasteiger partial charge in [-0.15, -0.1) is 0 Å². The minimum absolute atomic E-state index is 0.0693. The molecule has 0 aliphatic rings. The van der Waals surface area contributed by atoms with Gasteiger partial charge in [0.1, 0.15) is 0 Å². The van der Waals surface area contributed by atoms with E-state index in [0.29, 0.717) is 17.9 Å². The summed E-state index contributed by atoms with van der Waals surface area (Å²) in [7, 11) is 0. The lowest BCUT2D eigenvalue weighted by atomic mass is 9.97. The summed E-state index contributed by atoms with van der Waals surface area (Å²) < 4.78 is 37.9. The van der Waals surface area contributed by atoms with Crippen LogP contribution in [0.4, 0.5) is 13.2 Å². The van der Waals surface area contributed by atoms with Crippen LogP contribution in [0.3, 0.4) is 0 Å². The first kappa shape index (κ1) is 15.3. The van der Waals surface area contributed by atoms with E-state index >= 15 is 0 Å². The molecule has 1 atom stereocenters. The molecule has 1 nitrogen and oxygen atoms in total. The van der Waals surface area contributed by atoms with Crippen molar-refractivity contribution in [2.45, 2.75) is 38.9 Å². The molecular formula is C13H17ClF3N. The highest BCUT2D eigenvalue weighted by Gasteiger charge is 2.31. The molecule has 0 aliphatic carbocycles. The third kappa shape index (κ3) is 4.50. The van der Waals surface area contributed by atoms with E-state index in [0.717, 1.165) is 18.6 Å². The fourth-order valence-corrected chi connectivity index (χ4v) is 1.91. The first-order chi connectivity index (χ1) is 8.20. The maximum atomic E-state index is 12.6. The van der Waals surface area contributed by atoms with Gasteiger partial charge < -0.3 is 5.73 Å². The van der Waals surface area contributed by atoms with Gasteiger partial charge in [-0.05, 0) is 42.5 Å². The maximum Gasteiger partial charge on any atom is 0.416 e. The second-order valence-corrected chi connectivity index (χ2v) is 5.29. The van der Waals surface area contributed by atoms with Crippen LogP contribution in [-0.2, 0) is 6.18 Å². The molecule has 1 aromatic carbocycles. The van der Waals surface area contributed by atoms with Crippen LogP contribution in [0.1, 0.15) is 43.9 Å². The number of alkyl halides is 3. The predicted octanol–water partition coefficient (Wildman–Crippen LogP) is 4.79. The molecule has 0 saturated heterocycles. The van der Waals surface area contributed by atoms with Crippen LogP contribution in [0, 0.1) is 5.92 Å². The first-order valence-corrected chi connectivity index (χ1v) is 6.21. The van der Waals surface area contributed by atoms with Crippen molar-refractivity contribution in [3.63, 3.8) is 0 Å². The summed E-state index contributed by atoms with van der Waals surface area (Å²) in [4.78, 5) is 0. The predicted molar refractivity (Wildman–Crippen MR) is 67.5 cm³/mol. The van der Waals surface area contributed by atoms with Gasteiger partial charge in [0.25, 0.3) is 0 Å². The third-order valence-electron chi connectivity index (χ3n) is 2.73. The normalized spacial score (nSPS) is 14.0. The second-order valence-electron chi connectivity index (χ2n) is 4.85. The van der Waals surface area contributed by atoms with Crippen LogP contribution >= 0.6 is 11.6 Å². The van der Waals surface area contributed by atoms with Gasteiger partial charge in [-0.1, -0.05) is 25.4 Å². The average molecular weight is 280 g/mol. The summed E-state index contributed by atoms with van der Waals surface area (Å²) in [6.07, 6.45) is -2.87. The molecule has 0 radical (unpaired) electrons. The zero-order valence-corrected chi connectivity index (χ0v) is 11.1. The highest BCUT2D eigenvalue weighted by atomic mass is 35.5. The van der Waals surface area contributed by atoms with Crippen molar-refractivity contribution in [3.05, 3.63) is 34.3 Å². The Morgan fingerprint density at radius 2 is 1.78 bits per heavy atom. The van der Waals surface area contributed by atoms with Gasteiger partial charge in [-0.2, -0.15) is 13.2 Å². The molecule has 0 saturated carbocycles. The van der Waals surface area contributed by atoms with Crippen LogP contribution in [0.5, 0.6) is 0 Å². The molecule has 0 spiro atoms. The molecule has 1 aromatic rings. The van der Waals surface area contributed by atoms with E-state index in [1.807, 2.05) is 13.8 Å². The summed E-state index contributed by atoms with van der Waals surface area (Å²) in [5.74, 6) is 0.470. The Morgan fingerprint density at radius 1 is 1.17 bits per heavy atom. The number of nitrogens with two attached hydrogens (primary N) is 1. The fourth-order valence-electron chi connectivity index (χ4n) is 1.67. The van der Waals surface area contributed by atoms with E-state index in [9.17, 15) is 13.2 Å². The Kier molecular flexibility index (Phi) is 5.05. The van der Waals surface area contributed by atoms with E-state index in [1.54, 1.807) is 0 Å². The van der Waals surface area contributed by atoms with Crippen molar-refractivity contribution in [1.82, 2.24) is 0 Å². The number of hydrogen-bond donors (Lipinski definition) is 1. The Balaban J connectivity index is 2.92. The van der Waals surface area contributed by atoms with Crippen LogP contribution in [0.25, 0.3) is 0 Å². The van der Waals surface area contributed by atoms with Crippen molar-refractivity contribution < 1.29 is 13.2 Å². The fraction of sp³-hybridized carbons (Fsp3) is 0.538. The van der Waals surface area contributed by atoms with Crippen LogP contribution in [-0.4, -0.2) is 0 Å². The summed E-state index contributed by atoms with van der Waals surface area (Å²) in [5.41, 5.74) is 5.59. The molecule has 0 fully saturated rings. The molecule has 0 aliphatic heterocycles. The quantitative estimate of drug-likeness (QED) is 0.842. The van der Waals surface area contributed by atoms with Crippen molar-refractivity contribution >= 4 is 11.6 Å². The molecule has 0 heterocycles. The van der Waals surface area contributed by atoms with Crippen molar-refractivity contribution in [3.8, 4) is 0 Å². The van der Waals surface area contributed by atoms with E-state index in [-0.39, 0.29) is 5.02 Å². The molecule has 0 amide bonds. The van der Waals surface area contributed by atoms with Gasteiger partial charge in [0.2, 0.25) is 0 Å². The zero-order valence-electron chi connectivity index (χ0n) is 10.4. The molecule has 1 rings (SSSR count). The second kappa shape index (κ2) is 5.93. The van der Waals surface area contributed by atoms with Crippen LogP contribution < -0.4 is 5.73 Å². The van der Waals surface area contributed by atoms with Gasteiger partial charge >= 0.3 is 6.18 Å².